The molecule has 2 N–H and O–H groups in total. The van der Waals surface area contributed by atoms with Crippen molar-refractivity contribution in [1.82, 2.24) is 14.5 Å². The highest BCUT2D eigenvalue weighted by Crippen LogP contribution is 2.26. The van der Waals surface area contributed by atoms with Crippen molar-refractivity contribution in [3.05, 3.63) is 46.7 Å². The first kappa shape index (κ1) is 15.5. The molecule has 2 aromatic rings. The van der Waals surface area contributed by atoms with E-state index in [4.69, 9.17) is 16.7 Å². The molecule has 1 aromatic heterocycles. The van der Waals surface area contributed by atoms with Crippen LogP contribution in [0.25, 0.3) is 0 Å². The van der Waals surface area contributed by atoms with Crippen LogP contribution in [0.3, 0.4) is 0 Å². The second-order valence-electron chi connectivity index (χ2n) is 4.32. The van der Waals surface area contributed by atoms with E-state index < -0.39 is 16.0 Å². The summed E-state index contributed by atoms with van der Waals surface area (Å²) in [7, 11) is -2.52. The van der Waals surface area contributed by atoms with Gasteiger partial charge >= 0.3 is 5.97 Å². The van der Waals surface area contributed by atoms with Gasteiger partial charge in [-0.3, -0.25) is 5.10 Å². The van der Waals surface area contributed by atoms with Crippen molar-refractivity contribution >= 4 is 27.6 Å². The normalized spacial score (nSPS) is 11.8. The minimum Gasteiger partial charge on any atom is -0.478 e. The lowest BCUT2D eigenvalue weighted by molar-refractivity contribution is 0.0696. The summed E-state index contributed by atoms with van der Waals surface area (Å²) in [6.45, 7) is 0.0897. The Morgan fingerprint density at radius 2 is 2.19 bits per heavy atom. The van der Waals surface area contributed by atoms with Crippen molar-refractivity contribution in [1.29, 1.82) is 0 Å². The van der Waals surface area contributed by atoms with E-state index in [0.29, 0.717) is 5.56 Å². The van der Waals surface area contributed by atoms with Crippen LogP contribution in [0.1, 0.15) is 15.9 Å². The Bertz CT molecular complexity index is 759. The van der Waals surface area contributed by atoms with Gasteiger partial charge in [-0.05, 0) is 18.2 Å². The van der Waals surface area contributed by atoms with E-state index in [-0.39, 0.29) is 22.0 Å². The van der Waals surface area contributed by atoms with Crippen molar-refractivity contribution in [3.63, 3.8) is 0 Å². The molecule has 112 valence electrons. The summed E-state index contributed by atoms with van der Waals surface area (Å²) in [5.41, 5.74) is 0.529. The van der Waals surface area contributed by atoms with E-state index in [9.17, 15) is 13.2 Å². The van der Waals surface area contributed by atoms with Gasteiger partial charge in [-0.15, -0.1) is 0 Å². The smallest absolute Gasteiger partial charge is 0.335 e. The molecule has 0 bridgehead atoms. The van der Waals surface area contributed by atoms with Crippen LogP contribution in [0.15, 0.2) is 35.5 Å². The maximum atomic E-state index is 12.5. The number of H-pyrrole nitrogens is 1. The third-order valence-electron chi connectivity index (χ3n) is 2.83. The molecule has 0 radical (unpaired) electrons. The molecule has 7 nitrogen and oxygen atoms in total. The average molecular weight is 330 g/mol. The number of aromatic nitrogens is 2. The second-order valence-corrected chi connectivity index (χ2v) is 6.74. The lowest BCUT2D eigenvalue weighted by atomic mass is 10.2. The van der Waals surface area contributed by atoms with Crippen molar-refractivity contribution in [2.45, 2.75) is 11.4 Å². The SMILES string of the molecule is CN(Cc1cn[nH]c1)S(=O)(=O)c1cc(C(=O)O)ccc1Cl. The van der Waals surface area contributed by atoms with Crippen LogP contribution >= 0.6 is 11.6 Å². The zero-order valence-corrected chi connectivity index (χ0v) is 12.5. The van der Waals surface area contributed by atoms with Crippen LogP contribution in [0.5, 0.6) is 0 Å². The molecule has 1 aromatic carbocycles. The summed E-state index contributed by atoms with van der Waals surface area (Å²) in [5, 5.41) is 15.2. The van der Waals surface area contributed by atoms with E-state index in [1.807, 2.05) is 0 Å². The summed E-state index contributed by atoms with van der Waals surface area (Å²) in [4.78, 5) is 10.7. The monoisotopic (exact) mass is 329 g/mol. The van der Waals surface area contributed by atoms with Gasteiger partial charge in [0.2, 0.25) is 10.0 Å². The molecule has 1 heterocycles. The fourth-order valence-corrected chi connectivity index (χ4v) is 3.36. The van der Waals surface area contributed by atoms with Crippen molar-refractivity contribution in [2.24, 2.45) is 0 Å². The number of aromatic carboxylic acids is 1. The van der Waals surface area contributed by atoms with Crippen LogP contribution in [0.4, 0.5) is 0 Å². The lowest BCUT2D eigenvalue weighted by Gasteiger charge is -2.17. The number of carboxylic acid groups (broad SMARTS) is 1. The molecule has 21 heavy (non-hydrogen) atoms. The topological polar surface area (TPSA) is 103 Å². The minimum atomic E-state index is -3.91. The standard InChI is InChI=1S/C12H12ClN3O4S/c1-16(7-8-5-14-15-6-8)21(19,20)11-4-9(12(17)18)2-3-10(11)13/h2-6H,7H2,1H3,(H,14,15)(H,17,18). The second kappa shape index (κ2) is 5.84. The van der Waals surface area contributed by atoms with Gasteiger partial charge in [0, 0.05) is 25.4 Å². The molecule has 0 aliphatic rings. The van der Waals surface area contributed by atoms with Crippen LogP contribution < -0.4 is 0 Å². The third kappa shape index (κ3) is 3.23. The van der Waals surface area contributed by atoms with Gasteiger partial charge in [0.1, 0.15) is 4.90 Å². The fraction of sp³-hybridized carbons (Fsp3) is 0.167. The summed E-state index contributed by atoms with van der Waals surface area (Å²) in [5.74, 6) is -1.22. The molecule has 0 aliphatic carbocycles. The molecule has 0 spiro atoms. The number of hydrogen-bond acceptors (Lipinski definition) is 4. The van der Waals surface area contributed by atoms with Gasteiger partial charge < -0.3 is 5.11 Å². The largest absolute Gasteiger partial charge is 0.478 e. The Morgan fingerprint density at radius 3 is 2.76 bits per heavy atom. The highest BCUT2D eigenvalue weighted by molar-refractivity contribution is 7.89. The molecular weight excluding hydrogens is 318 g/mol. The molecular formula is C12H12ClN3O4S. The van der Waals surface area contributed by atoms with E-state index in [1.165, 1.54) is 25.4 Å². The van der Waals surface area contributed by atoms with E-state index in [2.05, 4.69) is 10.2 Å². The van der Waals surface area contributed by atoms with Gasteiger partial charge in [-0.2, -0.15) is 9.40 Å². The number of rotatable bonds is 5. The lowest BCUT2D eigenvalue weighted by Crippen LogP contribution is -2.26. The quantitative estimate of drug-likeness (QED) is 0.866. The number of carboxylic acids is 1. The molecule has 0 aliphatic heterocycles. The molecule has 0 unspecified atom stereocenters. The first-order valence-corrected chi connectivity index (χ1v) is 7.61. The van der Waals surface area contributed by atoms with Crippen LogP contribution in [0.2, 0.25) is 5.02 Å². The number of sulfonamides is 1. The van der Waals surface area contributed by atoms with Crippen molar-refractivity contribution < 1.29 is 18.3 Å². The maximum Gasteiger partial charge on any atom is 0.335 e. The zero-order valence-electron chi connectivity index (χ0n) is 10.9. The van der Waals surface area contributed by atoms with Gasteiger partial charge in [0.05, 0.1) is 16.8 Å². The van der Waals surface area contributed by atoms with Crippen molar-refractivity contribution in [2.75, 3.05) is 7.05 Å². The average Bonchev–Trinajstić information content (AvgIpc) is 2.91. The number of nitrogens with one attached hydrogen (secondary N) is 1. The number of hydrogen-bond donors (Lipinski definition) is 2. The van der Waals surface area contributed by atoms with Gasteiger partial charge in [-0.1, -0.05) is 11.6 Å². The third-order valence-corrected chi connectivity index (χ3v) is 5.11. The molecule has 0 atom stereocenters. The van der Waals surface area contributed by atoms with Gasteiger partial charge in [0.15, 0.2) is 0 Å². The van der Waals surface area contributed by atoms with E-state index in [0.717, 1.165) is 10.4 Å². The molecule has 2 rings (SSSR count). The Kier molecular flexibility index (Phi) is 4.31. The van der Waals surface area contributed by atoms with Gasteiger partial charge in [0.25, 0.3) is 0 Å². The number of halogens is 1. The van der Waals surface area contributed by atoms with Crippen LogP contribution in [-0.4, -0.2) is 41.0 Å². The highest BCUT2D eigenvalue weighted by Gasteiger charge is 2.25. The Labute approximate surface area is 126 Å². The van der Waals surface area contributed by atoms with Gasteiger partial charge in [-0.25, -0.2) is 13.2 Å². The summed E-state index contributed by atoms with van der Waals surface area (Å²) in [6.07, 6.45) is 3.07. The number of carbonyl (C=O) groups is 1. The van der Waals surface area contributed by atoms with Crippen LogP contribution in [-0.2, 0) is 16.6 Å². The zero-order chi connectivity index (χ0) is 15.6. The number of nitrogens with zero attached hydrogens (tertiary/aromatic N) is 2. The molecule has 0 fully saturated rings. The highest BCUT2D eigenvalue weighted by atomic mass is 35.5. The fourth-order valence-electron chi connectivity index (χ4n) is 1.71. The summed E-state index contributed by atoms with van der Waals surface area (Å²) in [6, 6.07) is 3.55. The summed E-state index contributed by atoms with van der Waals surface area (Å²) < 4.78 is 26.0. The molecule has 0 saturated carbocycles. The molecule has 0 amide bonds. The Morgan fingerprint density at radius 1 is 1.48 bits per heavy atom. The van der Waals surface area contributed by atoms with Crippen molar-refractivity contribution in [3.8, 4) is 0 Å². The first-order valence-electron chi connectivity index (χ1n) is 5.79. The predicted octanol–water partition coefficient (Wildman–Crippen LogP) is 1.58. The van der Waals surface area contributed by atoms with E-state index in [1.54, 1.807) is 6.20 Å². The first-order chi connectivity index (χ1) is 9.82. The summed E-state index contributed by atoms with van der Waals surface area (Å²) >= 11 is 5.89. The Balaban J connectivity index is 2.38. The number of benzene rings is 1. The van der Waals surface area contributed by atoms with E-state index >= 15 is 0 Å². The van der Waals surface area contributed by atoms with Crippen LogP contribution in [0, 0.1) is 0 Å². The predicted molar refractivity (Wildman–Crippen MR) is 75.7 cm³/mol. The molecule has 9 heteroatoms. The minimum absolute atomic E-state index is 0.0287. The molecule has 0 saturated heterocycles. The Hall–Kier alpha value is -1.90. The maximum absolute atomic E-state index is 12.5. The number of aromatic amines is 1.